The monoisotopic (exact) mass is 757 g/mol. The van der Waals surface area contributed by atoms with Crippen molar-refractivity contribution in [2.24, 2.45) is 0 Å². The predicted molar refractivity (Wildman–Crippen MR) is 240 cm³/mol. The Morgan fingerprint density at radius 2 is 0.684 bits per heavy atom. The molecule has 0 fully saturated rings. The summed E-state index contributed by atoms with van der Waals surface area (Å²) in [4.78, 5) is 0. The molecule has 3 heterocycles. The first kappa shape index (κ1) is 13.5. The Kier molecular flexibility index (Phi) is 2.96. The maximum atomic E-state index is 10.0. The minimum atomic E-state index is -1.09. The van der Waals surface area contributed by atoms with Crippen molar-refractivity contribution in [3.8, 4) is 39.3 Å². The van der Waals surface area contributed by atoms with Crippen LogP contribution in [0.2, 0.25) is 0 Å². The van der Waals surface area contributed by atoms with Crippen molar-refractivity contribution in [2.45, 2.75) is 0 Å². The van der Waals surface area contributed by atoms with E-state index in [4.69, 9.17) is 27.4 Å². The Bertz CT molecular complexity index is 5180. The third kappa shape index (κ3) is 4.73. The lowest BCUT2D eigenvalue weighted by Gasteiger charge is -2.17. The van der Waals surface area contributed by atoms with Gasteiger partial charge in [-0.3, -0.25) is 0 Å². The van der Waals surface area contributed by atoms with Crippen LogP contribution in [0, 0.1) is 0 Å². The Morgan fingerprint density at radius 3 is 1.28 bits per heavy atom. The second kappa shape index (κ2) is 12.5. The van der Waals surface area contributed by atoms with Crippen LogP contribution in [0.15, 0.2) is 212 Å². The van der Waals surface area contributed by atoms with E-state index in [2.05, 4.69) is 0 Å². The fourth-order valence-corrected chi connectivity index (χ4v) is 7.39. The highest BCUT2D eigenvalue weighted by atomic mass is 15.1. The summed E-state index contributed by atoms with van der Waals surface area (Å²) in [6.45, 7) is 0. The van der Waals surface area contributed by atoms with Crippen molar-refractivity contribution in [1.82, 2.24) is 13.7 Å². The summed E-state index contributed by atoms with van der Waals surface area (Å²) in [5.74, 6) is 0. The third-order valence-electron chi connectivity index (χ3n) is 9.63. The SMILES string of the molecule is [2H]c1c([2H])c([2H])c(-c2cc(-c3c([2H])c([2H])c([2H])c([2H])c3[2H])cc(-n3c4c([2H])c([2H])c([2H])c([2H])c4c4c([2H])c([2H])c([2H])c(-n5c6c([2H])c([2H])c([2H])c([2H])c6c6c(-n7c8c([2H])c([2H])c([2H])c([2H])c8c8c([2H])c([2H])c([2H])c([2H])c87)c([2H])c([2H])c([2H])c65)c43)c2)c([2H])c1[2H]. The molecule has 0 saturated carbocycles. The quantitative estimate of drug-likeness (QED) is 0.166. The van der Waals surface area contributed by atoms with E-state index in [0.29, 0.717) is 0 Å². The van der Waals surface area contributed by atoms with Crippen LogP contribution in [0.3, 0.4) is 0 Å². The second-order valence-corrected chi connectivity index (χ2v) is 12.6. The molecule has 3 aromatic heterocycles. The number of fused-ring (bicyclic) bond motifs is 9. The predicted octanol–water partition coefficient (Wildman–Crippen LogP) is 14.3. The van der Waals surface area contributed by atoms with Gasteiger partial charge >= 0.3 is 0 Å². The van der Waals surface area contributed by atoms with Crippen LogP contribution in [0.1, 0.15) is 43.9 Å². The normalized spacial score (nSPS) is 19.7. The minimum Gasteiger partial charge on any atom is -0.309 e. The topological polar surface area (TPSA) is 14.8 Å². The van der Waals surface area contributed by atoms with Crippen molar-refractivity contribution in [3.05, 3.63) is 212 Å². The molecule has 9 aromatic carbocycles. The van der Waals surface area contributed by atoms with Gasteiger partial charge in [0.1, 0.15) is 0 Å². The molecule has 57 heavy (non-hydrogen) atoms. The number of rotatable bonds is 5. The van der Waals surface area contributed by atoms with Crippen LogP contribution in [-0.2, 0) is 0 Å². The van der Waals surface area contributed by atoms with E-state index in [0.717, 1.165) is 31.9 Å². The number of aromatic nitrogens is 3. The molecule has 0 atom stereocenters. The van der Waals surface area contributed by atoms with E-state index in [1.54, 1.807) is 0 Å². The minimum absolute atomic E-state index is 0.374. The summed E-state index contributed by atoms with van der Waals surface area (Å²) in [7, 11) is 0. The van der Waals surface area contributed by atoms with Gasteiger partial charge in [-0.15, -0.1) is 0 Å². The van der Waals surface area contributed by atoms with Crippen molar-refractivity contribution >= 4 is 65.4 Å². The van der Waals surface area contributed by atoms with Crippen LogP contribution < -0.4 is 0 Å². The molecule has 0 N–H and O–H groups in total. The Hall–Kier alpha value is -7.62. The molecule has 0 bridgehead atoms. The zero-order chi connectivity index (χ0) is 65.3. The van der Waals surface area contributed by atoms with Crippen LogP contribution in [0.4, 0.5) is 0 Å². The molecule has 3 heteroatoms. The van der Waals surface area contributed by atoms with Gasteiger partial charge < -0.3 is 13.7 Å². The molecule has 0 radical (unpaired) electrons. The van der Waals surface area contributed by atoms with E-state index in [-0.39, 0.29) is 11.1 Å². The zero-order valence-corrected chi connectivity index (χ0v) is 28.6. The van der Waals surface area contributed by atoms with Gasteiger partial charge in [-0.1, -0.05) is 151 Å². The number of hydrogen-bond acceptors (Lipinski definition) is 0. The Labute approximate surface area is 374 Å². The molecule has 0 aliphatic carbocycles. The molecular formula is C54H35N3. The lowest BCUT2D eigenvalue weighted by Crippen LogP contribution is -2.01. The number of nitrogens with zero attached hydrogens (tertiary/aromatic N) is 3. The van der Waals surface area contributed by atoms with Crippen LogP contribution in [0.5, 0.6) is 0 Å². The molecule has 0 aliphatic heterocycles. The first-order chi connectivity index (χ1) is 41.6. The van der Waals surface area contributed by atoms with Gasteiger partial charge in [0.2, 0.25) is 0 Å². The summed E-state index contributed by atoms with van der Waals surface area (Å²) < 4.78 is 295. The van der Waals surface area contributed by atoms with Gasteiger partial charge in [0, 0.05) is 38.0 Å². The molecular weight excluding hydrogens is 691 g/mol. The van der Waals surface area contributed by atoms with E-state index >= 15 is 0 Å². The first-order valence-electron chi connectivity index (χ1n) is 33.0. The third-order valence-corrected chi connectivity index (χ3v) is 9.63. The Morgan fingerprint density at radius 1 is 0.281 bits per heavy atom. The second-order valence-electron chi connectivity index (χ2n) is 12.6. The van der Waals surface area contributed by atoms with Crippen molar-refractivity contribution in [3.63, 3.8) is 0 Å². The van der Waals surface area contributed by atoms with Gasteiger partial charge in [-0.25, -0.2) is 0 Å². The zero-order valence-electron chi connectivity index (χ0n) is 60.6. The number of hydrogen-bond donors (Lipinski definition) is 0. The first-order valence-corrected chi connectivity index (χ1v) is 17.0. The molecule has 0 unspecified atom stereocenters. The molecule has 3 nitrogen and oxygen atoms in total. The summed E-state index contributed by atoms with van der Waals surface area (Å²) in [6, 6.07) is -26.2. The maximum Gasteiger partial charge on any atom is 0.0782 e. The largest absolute Gasteiger partial charge is 0.309 e. The van der Waals surface area contributed by atoms with Crippen LogP contribution >= 0.6 is 0 Å². The number of benzene rings is 9. The van der Waals surface area contributed by atoms with E-state index in [9.17, 15) is 16.4 Å². The van der Waals surface area contributed by atoms with E-state index in [1.807, 2.05) is 0 Å². The smallest absolute Gasteiger partial charge is 0.0782 e. The summed E-state index contributed by atoms with van der Waals surface area (Å²) in [5, 5.41) is -3.63. The lowest BCUT2D eigenvalue weighted by molar-refractivity contribution is 1.13. The van der Waals surface area contributed by atoms with Gasteiger partial charge in [-0.05, 0) is 82.7 Å². The molecule has 0 saturated heterocycles. The molecule has 12 aromatic rings. The van der Waals surface area contributed by atoms with Gasteiger partial charge in [0.05, 0.1) is 88.3 Å². The number of para-hydroxylation sites is 5. The van der Waals surface area contributed by atoms with Gasteiger partial charge in [0.25, 0.3) is 0 Å². The average molecular weight is 758 g/mol. The van der Waals surface area contributed by atoms with Gasteiger partial charge in [-0.2, -0.15) is 0 Å². The fourth-order valence-electron chi connectivity index (χ4n) is 7.39. The summed E-state index contributed by atoms with van der Waals surface area (Å²) >= 11 is 0. The molecule has 0 amide bonds. The molecule has 0 spiro atoms. The summed E-state index contributed by atoms with van der Waals surface area (Å²) in [6.07, 6.45) is 0. The van der Waals surface area contributed by atoms with Crippen LogP contribution in [-0.4, -0.2) is 13.7 Å². The van der Waals surface area contributed by atoms with Crippen molar-refractivity contribution < 1.29 is 43.9 Å². The van der Waals surface area contributed by atoms with Gasteiger partial charge in [0.15, 0.2) is 0 Å². The highest BCUT2D eigenvalue weighted by molar-refractivity contribution is 6.18. The van der Waals surface area contributed by atoms with E-state index in [1.165, 1.54) is 0 Å². The van der Waals surface area contributed by atoms with Crippen LogP contribution in [0.25, 0.3) is 105 Å². The molecule has 266 valence electrons. The maximum absolute atomic E-state index is 10.0. The standard InChI is InChI=1S/C54H35N3/c1-3-17-36(18-4-1)38-33-39(37-19-5-2-6-20-37)35-40(34-38)55-46-26-11-9-23-43(46)44-25-15-32-52(54(44)55)57-49-29-14-10-24-45(49)53-50(30-16-31-51(53)57)56-47-27-12-7-21-41(47)42-22-8-13-28-48(42)56/h1-35H/i1D,2D,3D,4D,5D,6D,7D,8D,9D,10D,11D,12D,13D,14D,15D,16D,17D,18D,19D,20D,21D,22D,23D,24D,25D,26D,27D,28D,29D,30D,31D,32D. The molecule has 0 aliphatic rings. The highest BCUT2D eigenvalue weighted by Gasteiger charge is 2.23. The molecule has 12 rings (SSSR count). The van der Waals surface area contributed by atoms with Crippen molar-refractivity contribution in [2.75, 3.05) is 0 Å². The van der Waals surface area contributed by atoms with E-state index < -0.39 is 287 Å². The van der Waals surface area contributed by atoms with Crippen molar-refractivity contribution in [1.29, 1.82) is 0 Å². The summed E-state index contributed by atoms with van der Waals surface area (Å²) in [5.41, 5.74) is -8.07. The average Bonchev–Trinajstić information content (AvgIpc) is 1.53. The Balaban J connectivity index is 1.41. The fraction of sp³-hybridized carbons (Fsp3) is 0. The lowest BCUT2D eigenvalue weighted by atomic mass is 9.98. The highest BCUT2D eigenvalue weighted by Crippen LogP contribution is 2.43.